The number of aromatic nitrogens is 8. The van der Waals surface area contributed by atoms with Crippen molar-refractivity contribution in [1.82, 2.24) is 40.0 Å². The SMILES string of the molecule is COc1cc(NS(=O)(=O)c2ccc(NC(=O)c3ccn(Cn4nnc(-c5ccccc5)n4)n3)cc2)nc(OC)n1. The molecule has 40 heavy (non-hydrogen) atoms. The molecule has 0 saturated heterocycles. The van der Waals surface area contributed by atoms with Gasteiger partial charge >= 0.3 is 6.01 Å². The van der Waals surface area contributed by atoms with Gasteiger partial charge in [-0.25, -0.2) is 13.1 Å². The van der Waals surface area contributed by atoms with Crippen molar-refractivity contribution >= 4 is 27.4 Å². The van der Waals surface area contributed by atoms with Gasteiger partial charge in [-0.3, -0.25) is 9.52 Å². The Balaban J connectivity index is 1.21. The van der Waals surface area contributed by atoms with Crippen LogP contribution in [0, 0.1) is 0 Å². The predicted octanol–water partition coefficient (Wildman–Crippen LogP) is 1.90. The second-order valence-electron chi connectivity index (χ2n) is 8.10. The van der Waals surface area contributed by atoms with E-state index in [4.69, 9.17) is 9.47 Å². The third-order valence-electron chi connectivity index (χ3n) is 5.36. The van der Waals surface area contributed by atoms with E-state index in [2.05, 4.69) is 40.5 Å². The van der Waals surface area contributed by atoms with Crippen LogP contribution in [0.2, 0.25) is 0 Å². The van der Waals surface area contributed by atoms with Gasteiger partial charge in [-0.05, 0) is 35.5 Å². The summed E-state index contributed by atoms with van der Waals surface area (Å²) in [5.74, 6) is 0.0839. The fraction of sp³-hybridized carbons (Fsp3) is 0.125. The van der Waals surface area contributed by atoms with Gasteiger partial charge in [0.15, 0.2) is 18.2 Å². The number of rotatable bonds is 10. The van der Waals surface area contributed by atoms with Crippen LogP contribution < -0.4 is 19.5 Å². The zero-order valence-electron chi connectivity index (χ0n) is 21.2. The number of methoxy groups -OCH3 is 2. The van der Waals surface area contributed by atoms with E-state index in [-0.39, 0.29) is 35.0 Å². The highest BCUT2D eigenvalue weighted by molar-refractivity contribution is 7.92. The van der Waals surface area contributed by atoms with E-state index in [1.807, 2.05) is 30.3 Å². The molecule has 0 bridgehead atoms. The summed E-state index contributed by atoms with van der Waals surface area (Å²) in [7, 11) is -1.27. The second-order valence-corrected chi connectivity index (χ2v) is 9.78. The van der Waals surface area contributed by atoms with Crippen LogP contribution in [0.4, 0.5) is 11.5 Å². The molecule has 3 heterocycles. The van der Waals surface area contributed by atoms with Gasteiger partial charge in [-0.15, -0.1) is 15.0 Å². The van der Waals surface area contributed by atoms with Crippen LogP contribution in [-0.2, 0) is 16.7 Å². The molecule has 0 spiro atoms. The number of nitrogens with one attached hydrogen (secondary N) is 2. The third kappa shape index (κ3) is 6.02. The maximum absolute atomic E-state index is 12.8. The first-order valence-corrected chi connectivity index (χ1v) is 13.1. The average molecular weight is 563 g/mol. The molecule has 1 amide bonds. The van der Waals surface area contributed by atoms with Crippen molar-refractivity contribution in [3.05, 3.63) is 78.6 Å². The van der Waals surface area contributed by atoms with Crippen molar-refractivity contribution in [2.75, 3.05) is 24.3 Å². The molecule has 0 atom stereocenters. The van der Waals surface area contributed by atoms with Crippen LogP contribution in [-0.4, -0.2) is 68.5 Å². The van der Waals surface area contributed by atoms with Crippen LogP contribution in [0.5, 0.6) is 11.9 Å². The number of carbonyl (C=O) groups is 1. The summed E-state index contributed by atoms with van der Waals surface area (Å²) >= 11 is 0. The zero-order chi connectivity index (χ0) is 28.1. The molecule has 0 radical (unpaired) electrons. The summed E-state index contributed by atoms with van der Waals surface area (Å²) in [6, 6.07) is 17.8. The highest BCUT2D eigenvalue weighted by Gasteiger charge is 2.18. The Bertz CT molecular complexity index is 1720. The first-order valence-electron chi connectivity index (χ1n) is 11.6. The molecular formula is C24H22N10O5S. The number of ether oxygens (including phenoxy) is 2. The molecule has 204 valence electrons. The summed E-state index contributed by atoms with van der Waals surface area (Å²) in [5, 5.41) is 19.3. The third-order valence-corrected chi connectivity index (χ3v) is 6.74. The van der Waals surface area contributed by atoms with Gasteiger partial charge in [0, 0.05) is 23.5 Å². The molecule has 2 N–H and O–H groups in total. The standard InChI is InChI=1S/C24H22N10O5S/c1-38-21-14-20(26-24(27-21)39-2)31-40(36,37)18-10-8-17(9-11-18)25-23(35)19-12-13-33(29-19)15-34-30-22(28-32-34)16-6-4-3-5-7-16/h3-14H,15H2,1-2H3,(H,25,35)(H,26,27,31). The van der Waals surface area contributed by atoms with Crippen molar-refractivity contribution in [2.24, 2.45) is 0 Å². The number of anilines is 2. The Hall–Kier alpha value is -5.38. The largest absolute Gasteiger partial charge is 0.481 e. The van der Waals surface area contributed by atoms with Crippen molar-refractivity contribution in [3.63, 3.8) is 0 Å². The lowest BCUT2D eigenvalue weighted by Gasteiger charge is -2.10. The van der Waals surface area contributed by atoms with E-state index in [0.717, 1.165) is 5.56 Å². The Kier molecular flexibility index (Phi) is 7.32. The molecule has 0 aliphatic carbocycles. The fourth-order valence-corrected chi connectivity index (χ4v) is 4.45. The number of hydrogen-bond acceptors (Lipinski definition) is 11. The summed E-state index contributed by atoms with van der Waals surface area (Å²) in [6.07, 6.45) is 1.61. The monoisotopic (exact) mass is 562 g/mol. The van der Waals surface area contributed by atoms with Gasteiger partial charge in [0.05, 0.1) is 19.1 Å². The molecule has 3 aromatic heterocycles. The number of sulfonamides is 1. The van der Waals surface area contributed by atoms with Crippen molar-refractivity contribution < 1.29 is 22.7 Å². The molecule has 0 unspecified atom stereocenters. The fourth-order valence-electron chi connectivity index (χ4n) is 3.46. The van der Waals surface area contributed by atoms with Gasteiger partial charge in [0.2, 0.25) is 11.7 Å². The number of nitrogens with zero attached hydrogens (tertiary/aromatic N) is 8. The normalized spacial score (nSPS) is 11.2. The maximum atomic E-state index is 12.8. The molecule has 5 aromatic rings. The van der Waals surface area contributed by atoms with Gasteiger partial charge in [0.1, 0.15) is 0 Å². The van der Waals surface area contributed by atoms with E-state index in [1.54, 1.807) is 6.20 Å². The topological polar surface area (TPSA) is 181 Å². The van der Waals surface area contributed by atoms with Gasteiger partial charge in [-0.1, -0.05) is 30.3 Å². The van der Waals surface area contributed by atoms with E-state index >= 15 is 0 Å². The van der Waals surface area contributed by atoms with Crippen LogP contribution in [0.3, 0.4) is 0 Å². The first-order chi connectivity index (χ1) is 19.3. The van der Waals surface area contributed by atoms with E-state index in [1.165, 1.54) is 60.1 Å². The van der Waals surface area contributed by atoms with Crippen molar-refractivity contribution in [3.8, 4) is 23.3 Å². The van der Waals surface area contributed by atoms with Gasteiger partial charge in [-0.2, -0.15) is 15.1 Å². The Labute approximate surface area is 227 Å². The molecule has 2 aromatic carbocycles. The summed E-state index contributed by atoms with van der Waals surface area (Å²) < 4.78 is 39.5. The number of benzene rings is 2. The molecule has 5 rings (SSSR count). The number of tetrazole rings is 1. The van der Waals surface area contributed by atoms with Gasteiger partial charge in [0.25, 0.3) is 15.9 Å². The first kappa shape index (κ1) is 26.2. The van der Waals surface area contributed by atoms with E-state index in [0.29, 0.717) is 11.5 Å². The predicted molar refractivity (Wildman–Crippen MR) is 141 cm³/mol. The summed E-state index contributed by atoms with van der Waals surface area (Å²) in [5.41, 5.74) is 1.35. The molecule has 0 aliphatic rings. The lowest BCUT2D eigenvalue weighted by molar-refractivity contribution is 0.102. The maximum Gasteiger partial charge on any atom is 0.321 e. The number of amides is 1. The smallest absolute Gasteiger partial charge is 0.321 e. The number of hydrogen-bond donors (Lipinski definition) is 2. The van der Waals surface area contributed by atoms with Crippen molar-refractivity contribution in [1.29, 1.82) is 0 Å². The zero-order valence-corrected chi connectivity index (χ0v) is 22.0. The van der Waals surface area contributed by atoms with E-state index in [9.17, 15) is 13.2 Å². The Morgan fingerprint density at radius 3 is 2.45 bits per heavy atom. The molecule has 0 saturated carbocycles. The van der Waals surface area contributed by atoms with Crippen LogP contribution in [0.15, 0.2) is 77.8 Å². The van der Waals surface area contributed by atoms with Crippen molar-refractivity contribution in [2.45, 2.75) is 11.6 Å². The molecule has 0 fully saturated rings. The summed E-state index contributed by atoms with van der Waals surface area (Å²) in [6.45, 7) is 0.150. The van der Waals surface area contributed by atoms with Crippen LogP contribution in [0.1, 0.15) is 10.5 Å². The summed E-state index contributed by atoms with van der Waals surface area (Å²) in [4.78, 5) is 21.9. The molecule has 15 nitrogen and oxygen atoms in total. The van der Waals surface area contributed by atoms with Gasteiger partial charge < -0.3 is 14.8 Å². The minimum atomic E-state index is -4.00. The minimum Gasteiger partial charge on any atom is -0.481 e. The van der Waals surface area contributed by atoms with Crippen LogP contribution in [0.25, 0.3) is 11.4 Å². The Morgan fingerprint density at radius 2 is 1.73 bits per heavy atom. The lowest BCUT2D eigenvalue weighted by Crippen LogP contribution is -2.16. The van der Waals surface area contributed by atoms with E-state index < -0.39 is 15.9 Å². The molecule has 16 heteroatoms. The minimum absolute atomic E-state index is 0.0333. The Morgan fingerprint density at radius 1 is 0.950 bits per heavy atom. The number of carbonyl (C=O) groups excluding carboxylic acids is 1. The van der Waals surface area contributed by atoms with Crippen LogP contribution >= 0.6 is 0 Å². The average Bonchev–Trinajstić information content (AvgIpc) is 3.64. The highest BCUT2D eigenvalue weighted by atomic mass is 32.2. The quantitative estimate of drug-likeness (QED) is 0.254. The molecular weight excluding hydrogens is 540 g/mol. The molecule has 0 aliphatic heterocycles. The second kappa shape index (κ2) is 11.2. The highest BCUT2D eigenvalue weighted by Crippen LogP contribution is 2.22. The lowest BCUT2D eigenvalue weighted by atomic mass is 10.2.